The minimum Gasteiger partial charge on any atom is -0.456 e. The second-order valence-corrected chi connectivity index (χ2v) is 33.1. The van der Waals surface area contributed by atoms with Gasteiger partial charge in [0.1, 0.15) is 33.6 Å². The first-order chi connectivity index (χ1) is 61.5. The number of furan rings is 2. The predicted octanol–water partition coefficient (Wildman–Crippen LogP) is 29.1. The van der Waals surface area contributed by atoms with Crippen LogP contribution in [0.1, 0.15) is 0 Å². The molecule has 12 heterocycles. The molecule has 0 radical (unpaired) electrons. The van der Waals surface area contributed by atoms with Crippen LogP contribution in [-0.4, -0.2) is 47.3 Å². The van der Waals surface area contributed by atoms with Gasteiger partial charge in [-0.2, -0.15) is 0 Å². The van der Waals surface area contributed by atoms with E-state index in [2.05, 4.69) is 331 Å². The Morgan fingerprint density at radius 1 is 0.169 bits per heavy atom. The molecule has 18 aromatic carbocycles. The van der Waals surface area contributed by atoms with Crippen LogP contribution in [0.5, 0.6) is 0 Å². The Morgan fingerprint density at radius 3 is 0.806 bits per heavy atom. The average Bonchev–Trinajstić information content (AvgIpc) is 1.51. The van der Waals surface area contributed by atoms with Crippen LogP contribution in [0.15, 0.2) is 386 Å². The van der Waals surface area contributed by atoms with Crippen molar-refractivity contribution in [2.75, 3.05) is 0 Å². The summed E-state index contributed by atoms with van der Waals surface area (Å²) in [6.45, 7) is 0. The SMILES string of the molecule is c1ccc2c(c1)c1ccccc1n2-c1ccc(-n2c3ccncc3c3c4ccc5cc6c(c7ccc(cc32)c4c57)c2cnccc2n6-c2ccc(-n3c4ccccc4c4ccccc43)cc2)cc1.c1ccc2c(c1)oc1cc(-n3c4cc5ccc6c7c(ccc(c57)c4c4cccnc43)cc3c6c4cccnc4n3-c3ccc4c(c3)oc3ccccc34)ccc12. The van der Waals surface area contributed by atoms with Crippen LogP contribution in [-0.2, 0) is 0 Å². The lowest BCUT2D eigenvalue weighted by Crippen LogP contribution is -1.98. The number of hydrogen-bond acceptors (Lipinski definition) is 6. The largest absolute Gasteiger partial charge is 0.456 e. The van der Waals surface area contributed by atoms with Crippen LogP contribution in [0, 0.1) is 0 Å². The highest BCUT2D eigenvalue weighted by molar-refractivity contribution is 6.40. The molecule has 0 fully saturated rings. The van der Waals surface area contributed by atoms with Gasteiger partial charge in [0, 0.05) is 158 Å². The fraction of sp³-hybridized carbons (Fsp3) is 0. The average molecular weight is 1580 g/mol. The first-order valence-corrected chi connectivity index (χ1v) is 42.1. The Labute approximate surface area is 702 Å². The Bertz CT molecular complexity index is 9240. The van der Waals surface area contributed by atoms with E-state index >= 15 is 0 Å². The van der Waals surface area contributed by atoms with Crippen molar-refractivity contribution in [2.45, 2.75) is 0 Å². The highest BCUT2D eigenvalue weighted by Gasteiger charge is 2.28. The zero-order chi connectivity index (χ0) is 80.4. The van der Waals surface area contributed by atoms with Crippen molar-refractivity contribution in [3.63, 3.8) is 0 Å². The molecule has 30 aromatic rings. The number of aromatic nitrogens is 10. The maximum absolute atomic E-state index is 6.36. The predicted molar refractivity (Wildman–Crippen MR) is 512 cm³/mol. The van der Waals surface area contributed by atoms with Gasteiger partial charge in [-0.05, 0) is 234 Å². The summed E-state index contributed by atoms with van der Waals surface area (Å²) in [5.41, 5.74) is 23.5. The fourth-order valence-corrected chi connectivity index (χ4v) is 21.9. The number of nitrogens with zero attached hydrogens (tertiary/aromatic N) is 10. The van der Waals surface area contributed by atoms with Gasteiger partial charge in [0.25, 0.3) is 0 Å². The van der Waals surface area contributed by atoms with E-state index in [9.17, 15) is 0 Å². The first-order valence-electron chi connectivity index (χ1n) is 42.1. The number of pyridine rings is 4. The van der Waals surface area contributed by atoms with Crippen molar-refractivity contribution < 1.29 is 8.83 Å². The number of hydrogen-bond donors (Lipinski definition) is 0. The van der Waals surface area contributed by atoms with E-state index in [0.717, 1.165) is 133 Å². The second-order valence-electron chi connectivity index (χ2n) is 33.1. The number of para-hydroxylation sites is 6. The van der Waals surface area contributed by atoms with Crippen molar-refractivity contribution in [3.8, 4) is 34.1 Å². The van der Waals surface area contributed by atoms with Crippen molar-refractivity contribution in [2.24, 2.45) is 0 Å². The summed E-state index contributed by atoms with van der Waals surface area (Å²) in [5.74, 6) is 0. The van der Waals surface area contributed by atoms with E-state index < -0.39 is 0 Å². The van der Waals surface area contributed by atoms with Gasteiger partial charge in [-0.15, -0.1) is 0 Å². The van der Waals surface area contributed by atoms with E-state index in [1.807, 2.05) is 73.6 Å². The van der Waals surface area contributed by atoms with Gasteiger partial charge in [0.2, 0.25) is 0 Å². The van der Waals surface area contributed by atoms with E-state index in [1.165, 1.54) is 141 Å². The molecular weight excluding hydrogens is 1520 g/mol. The molecule has 0 aliphatic heterocycles. The van der Waals surface area contributed by atoms with E-state index in [1.54, 1.807) is 0 Å². The van der Waals surface area contributed by atoms with Crippen LogP contribution in [0.2, 0.25) is 0 Å². The molecule has 0 N–H and O–H groups in total. The summed E-state index contributed by atoms with van der Waals surface area (Å²) in [6.07, 6.45) is 11.7. The zero-order valence-corrected chi connectivity index (χ0v) is 66.1. The maximum atomic E-state index is 6.36. The van der Waals surface area contributed by atoms with E-state index in [-0.39, 0.29) is 0 Å². The highest BCUT2D eigenvalue weighted by Crippen LogP contribution is 2.51. The lowest BCUT2D eigenvalue weighted by Gasteiger charge is -2.15. The molecule has 12 nitrogen and oxygen atoms in total. The van der Waals surface area contributed by atoms with Crippen molar-refractivity contribution in [3.05, 3.63) is 377 Å². The molecule has 0 amide bonds. The third kappa shape index (κ3) is 8.82. The first kappa shape index (κ1) is 66.0. The molecule has 0 spiro atoms. The van der Waals surface area contributed by atoms with Gasteiger partial charge in [-0.3, -0.25) is 19.1 Å². The molecule has 30 rings (SSSR count). The van der Waals surface area contributed by atoms with Gasteiger partial charge >= 0.3 is 0 Å². The molecule has 0 aliphatic carbocycles. The van der Waals surface area contributed by atoms with Crippen LogP contribution >= 0.6 is 0 Å². The number of fused-ring (bicyclic) bond motifs is 28. The lowest BCUT2D eigenvalue weighted by molar-refractivity contribution is 0.668. The molecular formula is C112H62N10O2. The molecule has 0 saturated heterocycles. The van der Waals surface area contributed by atoms with E-state index in [4.69, 9.17) is 28.8 Å². The summed E-state index contributed by atoms with van der Waals surface area (Å²) in [6, 6.07) is 123. The normalized spacial score (nSPS) is 12.5. The highest BCUT2D eigenvalue weighted by atomic mass is 16.3. The molecule has 0 saturated carbocycles. The van der Waals surface area contributed by atoms with E-state index in [0.29, 0.717) is 0 Å². The molecule has 0 bridgehead atoms. The smallest absolute Gasteiger partial charge is 0.145 e. The number of benzene rings is 18. The Kier molecular flexibility index (Phi) is 13.0. The Hall–Kier alpha value is -17.0. The fourth-order valence-electron chi connectivity index (χ4n) is 21.9. The zero-order valence-electron chi connectivity index (χ0n) is 66.1. The third-order valence-corrected chi connectivity index (χ3v) is 27.0. The van der Waals surface area contributed by atoms with Crippen LogP contribution in [0.4, 0.5) is 0 Å². The van der Waals surface area contributed by atoms with Gasteiger partial charge in [0.15, 0.2) is 0 Å². The Morgan fingerprint density at radius 2 is 0.444 bits per heavy atom. The molecule has 12 aromatic heterocycles. The minimum atomic E-state index is 0.863. The molecule has 0 aliphatic rings. The quantitative estimate of drug-likeness (QED) is 0.154. The maximum Gasteiger partial charge on any atom is 0.145 e. The molecule has 0 atom stereocenters. The number of rotatable bonds is 6. The van der Waals surface area contributed by atoms with Crippen LogP contribution < -0.4 is 0 Å². The van der Waals surface area contributed by atoms with Crippen molar-refractivity contribution in [1.82, 2.24) is 47.3 Å². The summed E-state index contributed by atoms with van der Waals surface area (Å²) in [4.78, 5) is 19.4. The molecule has 124 heavy (non-hydrogen) atoms. The monoisotopic (exact) mass is 1580 g/mol. The summed E-state index contributed by atoms with van der Waals surface area (Å²) >= 11 is 0. The summed E-state index contributed by atoms with van der Waals surface area (Å²) in [7, 11) is 0. The topological polar surface area (TPSA) is 107 Å². The molecule has 12 heteroatoms. The van der Waals surface area contributed by atoms with Gasteiger partial charge in [0.05, 0.1) is 66.5 Å². The third-order valence-electron chi connectivity index (χ3n) is 27.0. The standard InChI is InChI=1S/C62H36N6.C50H26N4O2/c1-5-13-51-43(9-1)44-10-2-6-14-52(44)65(51)39-19-23-41(24-20-39)67-55-29-31-63-35-49(55)61-47-27-18-38-34-58-62(48-28-17-37(33-57(61)67)59(47)60(38)48)50-36-64-32-30-56(50)68(58)42-25-21-40(22-26-42)66-53-15-7-3-11-45(53)46-12-4-8-16-54(46)66;1-3-11-41-31(7-1)33-19-15-29(25-43(33)55-41)53-39-23-27-13-18-36-46-28(14-17-35(45(27)46)47(39)37-9-5-21-51-49(37)53)24-40-48(36)38-10-6-22-52-50(38)54(40)30-16-20-34-32-8-2-4-12-42(32)56-44(34)26-30/h1-36H;1-26H. The van der Waals surface area contributed by atoms with Crippen molar-refractivity contribution in [1.29, 1.82) is 0 Å². The van der Waals surface area contributed by atoms with Gasteiger partial charge in [-0.25, -0.2) is 9.97 Å². The Balaban J connectivity index is 0.000000127. The van der Waals surface area contributed by atoms with Crippen molar-refractivity contribution >= 4 is 240 Å². The molecule has 0 unspecified atom stereocenters. The minimum absolute atomic E-state index is 0.863. The molecule has 572 valence electrons. The van der Waals surface area contributed by atoms with Crippen LogP contribution in [0.25, 0.3) is 274 Å². The van der Waals surface area contributed by atoms with Crippen LogP contribution in [0.3, 0.4) is 0 Å². The summed E-state index contributed by atoms with van der Waals surface area (Å²) < 4.78 is 26.9. The second kappa shape index (κ2) is 24.4. The van der Waals surface area contributed by atoms with Gasteiger partial charge in [-0.1, -0.05) is 158 Å². The van der Waals surface area contributed by atoms with Gasteiger partial charge < -0.3 is 27.1 Å². The lowest BCUT2D eigenvalue weighted by atomic mass is 9.90. The summed E-state index contributed by atoms with van der Waals surface area (Å²) in [5, 5.41) is 33.6.